The molecular weight excluding hydrogens is 248 g/mol. The number of piperidine rings is 1. The maximum absolute atomic E-state index is 4.58. The standard InChI is InChI=1S/C16H28N4/c1-5-20-10-8-14(9-11-20)19(4)15-6-7-16(18-12-15)13(2)17-3/h6-7,12-14,17H,5,8-11H2,1-4H3. The topological polar surface area (TPSA) is 31.4 Å². The summed E-state index contributed by atoms with van der Waals surface area (Å²) in [5.41, 5.74) is 2.33. The van der Waals surface area contributed by atoms with Gasteiger partial charge in [0.15, 0.2) is 0 Å². The lowest BCUT2D eigenvalue weighted by Gasteiger charge is -2.37. The lowest BCUT2D eigenvalue weighted by molar-refractivity contribution is 0.221. The molecule has 0 saturated carbocycles. The third kappa shape index (κ3) is 3.49. The molecule has 1 aromatic rings. The molecule has 1 saturated heterocycles. The van der Waals surface area contributed by atoms with Crippen LogP contribution in [0.4, 0.5) is 5.69 Å². The van der Waals surface area contributed by atoms with Crippen LogP contribution in [0, 0.1) is 0 Å². The van der Waals surface area contributed by atoms with Crippen molar-refractivity contribution in [3.8, 4) is 0 Å². The SMILES string of the molecule is CCN1CCC(N(C)c2ccc(C(C)NC)nc2)CC1. The predicted octanol–water partition coefficient (Wildman–Crippen LogP) is 2.28. The molecule has 0 bridgehead atoms. The number of nitrogens with one attached hydrogen (secondary N) is 1. The first kappa shape index (κ1) is 15.3. The lowest BCUT2D eigenvalue weighted by Crippen LogP contribution is -2.43. The zero-order chi connectivity index (χ0) is 14.5. The highest BCUT2D eigenvalue weighted by molar-refractivity contribution is 5.45. The van der Waals surface area contributed by atoms with E-state index < -0.39 is 0 Å². The maximum Gasteiger partial charge on any atom is 0.0571 e. The number of pyridine rings is 1. The van der Waals surface area contributed by atoms with E-state index in [1.807, 2.05) is 13.2 Å². The molecule has 0 amide bonds. The zero-order valence-electron chi connectivity index (χ0n) is 13.3. The molecule has 1 aliphatic rings. The van der Waals surface area contributed by atoms with Crippen molar-refractivity contribution in [1.29, 1.82) is 0 Å². The normalized spacial score (nSPS) is 19.0. The van der Waals surface area contributed by atoms with Gasteiger partial charge in [0.25, 0.3) is 0 Å². The Hall–Kier alpha value is -1.13. The Balaban J connectivity index is 1.97. The van der Waals surface area contributed by atoms with Gasteiger partial charge in [0, 0.05) is 32.2 Å². The summed E-state index contributed by atoms with van der Waals surface area (Å²) in [4.78, 5) is 9.51. The van der Waals surface area contributed by atoms with Gasteiger partial charge in [0.05, 0.1) is 17.6 Å². The fourth-order valence-electron chi connectivity index (χ4n) is 2.84. The Bertz CT molecular complexity index is 395. The summed E-state index contributed by atoms with van der Waals surface area (Å²) in [6.45, 7) is 7.98. The molecule has 0 aromatic carbocycles. The highest BCUT2D eigenvalue weighted by Gasteiger charge is 2.22. The second-order valence-corrected chi connectivity index (χ2v) is 5.73. The summed E-state index contributed by atoms with van der Waals surface area (Å²) >= 11 is 0. The third-order valence-corrected chi connectivity index (χ3v) is 4.61. The minimum Gasteiger partial charge on any atom is -0.370 e. The molecule has 0 aliphatic carbocycles. The van der Waals surface area contributed by atoms with Gasteiger partial charge in [-0.3, -0.25) is 4.98 Å². The number of hydrogen-bond donors (Lipinski definition) is 1. The minimum atomic E-state index is 0.308. The van der Waals surface area contributed by atoms with Crippen LogP contribution in [0.15, 0.2) is 18.3 Å². The van der Waals surface area contributed by atoms with Gasteiger partial charge in [-0.1, -0.05) is 6.92 Å². The first-order valence-corrected chi connectivity index (χ1v) is 7.74. The molecular formula is C16H28N4. The molecule has 1 N–H and O–H groups in total. The number of likely N-dealkylation sites (tertiary alicyclic amines) is 1. The van der Waals surface area contributed by atoms with Crippen LogP contribution in [0.5, 0.6) is 0 Å². The number of rotatable bonds is 5. The average molecular weight is 276 g/mol. The first-order chi connectivity index (χ1) is 9.65. The van der Waals surface area contributed by atoms with Crippen LogP contribution in [0.2, 0.25) is 0 Å². The molecule has 20 heavy (non-hydrogen) atoms. The molecule has 1 aromatic heterocycles. The van der Waals surface area contributed by atoms with Crippen LogP contribution in [-0.2, 0) is 0 Å². The monoisotopic (exact) mass is 276 g/mol. The van der Waals surface area contributed by atoms with Crippen molar-refractivity contribution in [3.63, 3.8) is 0 Å². The van der Waals surface area contributed by atoms with E-state index in [0.29, 0.717) is 12.1 Å². The van der Waals surface area contributed by atoms with Gasteiger partial charge < -0.3 is 15.1 Å². The predicted molar refractivity (Wildman–Crippen MR) is 85.3 cm³/mol. The molecule has 1 aliphatic heterocycles. The van der Waals surface area contributed by atoms with E-state index >= 15 is 0 Å². The van der Waals surface area contributed by atoms with Gasteiger partial charge in [-0.2, -0.15) is 0 Å². The van der Waals surface area contributed by atoms with Crippen LogP contribution in [0.1, 0.15) is 38.4 Å². The molecule has 0 spiro atoms. The number of aromatic nitrogens is 1. The number of hydrogen-bond acceptors (Lipinski definition) is 4. The van der Waals surface area contributed by atoms with E-state index in [2.05, 4.69) is 53.1 Å². The Kier molecular flexibility index (Phi) is 5.38. The average Bonchev–Trinajstić information content (AvgIpc) is 2.53. The second kappa shape index (κ2) is 7.04. The van der Waals surface area contributed by atoms with Crippen molar-refractivity contribution < 1.29 is 0 Å². The Morgan fingerprint density at radius 1 is 1.40 bits per heavy atom. The van der Waals surface area contributed by atoms with Gasteiger partial charge in [-0.15, -0.1) is 0 Å². The number of nitrogens with zero attached hydrogens (tertiary/aromatic N) is 3. The van der Waals surface area contributed by atoms with Gasteiger partial charge >= 0.3 is 0 Å². The first-order valence-electron chi connectivity index (χ1n) is 7.74. The van der Waals surface area contributed by atoms with Crippen LogP contribution >= 0.6 is 0 Å². The van der Waals surface area contributed by atoms with Gasteiger partial charge in [0.2, 0.25) is 0 Å². The van der Waals surface area contributed by atoms with Crippen LogP contribution in [0.3, 0.4) is 0 Å². The molecule has 1 atom stereocenters. The summed E-state index contributed by atoms with van der Waals surface area (Å²) < 4.78 is 0. The van der Waals surface area contributed by atoms with E-state index in [0.717, 1.165) is 5.69 Å². The lowest BCUT2D eigenvalue weighted by atomic mass is 10.0. The third-order valence-electron chi connectivity index (χ3n) is 4.61. The van der Waals surface area contributed by atoms with Crippen LogP contribution in [-0.4, -0.2) is 49.7 Å². The fraction of sp³-hybridized carbons (Fsp3) is 0.688. The van der Waals surface area contributed by atoms with Crippen molar-refractivity contribution in [1.82, 2.24) is 15.2 Å². The smallest absolute Gasteiger partial charge is 0.0571 e. The van der Waals surface area contributed by atoms with E-state index in [4.69, 9.17) is 0 Å². The fourth-order valence-corrected chi connectivity index (χ4v) is 2.84. The number of anilines is 1. The molecule has 2 rings (SSSR count). The molecule has 1 unspecified atom stereocenters. The quantitative estimate of drug-likeness (QED) is 0.894. The van der Waals surface area contributed by atoms with Crippen LogP contribution in [0.25, 0.3) is 0 Å². The summed E-state index contributed by atoms with van der Waals surface area (Å²) in [5.74, 6) is 0. The summed E-state index contributed by atoms with van der Waals surface area (Å²) in [5, 5.41) is 3.22. The summed E-state index contributed by atoms with van der Waals surface area (Å²) in [6, 6.07) is 5.28. The zero-order valence-corrected chi connectivity index (χ0v) is 13.3. The van der Waals surface area contributed by atoms with E-state index in [9.17, 15) is 0 Å². The molecule has 4 nitrogen and oxygen atoms in total. The largest absolute Gasteiger partial charge is 0.370 e. The summed E-state index contributed by atoms with van der Waals surface area (Å²) in [7, 11) is 4.17. The second-order valence-electron chi connectivity index (χ2n) is 5.73. The van der Waals surface area contributed by atoms with Crippen molar-refractivity contribution in [2.75, 3.05) is 38.6 Å². The highest BCUT2D eigenvalue weighted by Crippen LogP contribution is 2.22. The molecule has 2 heterocycles. The van der Waals surface area contributed by atoms with Gasteiger partial charge in [-0.05, 0) is 45.5 Å². The van der Waals surface area contributed by atoms with Crippen molar-refractivity contribution >= 4 is 5.69 Å². The van der Waals surface area contributed by atoms with Crippen molar-refractivity contribution in [2.45, 2.75) is 38.8 Å². The van der Waals surface area contributed by atoms with Crippen molar-refractivity contribution in [2.24, 2.45) is 0 Å². The van der Waals surface area contributed by atoms with Crippen molar-refractivity contribution in [3.05, 3.63) is 24.0 Å². The van der Waals surface area contributed by atoms with E-state index in [1.165, 1.54) is 38.2 Å². The van der Waals surface area contributed by atoms with E-state index in [1.54, 1.807) is 0 Å². The molecule has 0 radical (unpaired) electrons. The van der Waals surface area contributed by atoms with E-state index in [-0.39, 0.29) is 0 Å². The molecule has 4 heteroatoms. The Morgan fingerprint density at radius 2 is 2.10 bits per heavy atom. The Labute approximate surface area is 123 Å². The van der Waals surface area contributed by atoms with Crippen LogP contribution < -0.4 is 10.2 Å². The highest BCUT2D eigenvalue weighted by atomic mass is 15.2. The molecule has 1 fully saturated rings. The molecule has 112 valence electrons. The Morgan fingerprint density at radius 3 is 2.60 bits per heavy atom. The minimum absolute atomic E-state index is 0.308. The summed E-state index contributed by atoms with van der Waals surface area (Å²) in [6.07, 6.45) is 4.51. The maximum atomic E-state index is 4.58. The van der Waals surface area contributed by atoms with Gasteiger partial charge in [0.1, 0.15) is 0 Å². The van der Waals surface area contributed by atoms with Gasteiger partial charge in [-0.25, -0.2) is 0 Å².